The summed E-state index contributed by atoms with van der Waals surface area (Å²) in [5.74, 6) is 0.0481. The Hall–Kier alpha value is -2.38. The lowest BCUT2D eigenvalue weighted by Crippen LogP contribution is -2.23. The van der Waals surface area contributed by atoms with E-state index in [0.717, 1.165) is 21.7 Å². The van der Waals surface area contributed by atoms with E-state index in [-0.39, 0.29) is 17.2 Å². The van der Waals surface area contributed by atoms with Gasteiger partial charge in [-0.05, 0) is 38.0 Å². The lowest BCUT2D eigenvalue weighted by Gasteiger charge is -2.12. The summed E-state index contributed by atoms with van der Waals surface area (Å²) in [5.41, 5.74) is 2.78. The van der Waals surface area contributed by atoms with Crippen LogP contribution in [0.3, 0.4) is 0 Å². The van der Waals surface area contributed by atoms with Crippen molar-refractivity contribution in [2.24, 2.45) is 0 Å². The molecule has 0 fully saturated rings. The molecule has 1 amide bonds. The fraction of sp³-hybridized carbons (Fsp3) is 0.250. The molecule has 7 heteroatoms. The molecule has 0 saturated heterocycles. The summed E-state index contributed by atoms with van der Waals surface area (Å²) in [7, 11) is 0. The second-order valence-electron chi connectivity index (χ2n) is 6.28. The van der Waals surface area contributed by atoms with Gasteiger partial charge in [-0.2, -0.15) is 0 Å². The number of aryl methyl sites for hydroxylation is 3. The molecule has 1 aromatic carbocycles. The summed E-state index contributed by atoms with van der Waals surface area (Å²) in [6, 6.07) is 7.75. The highest BCUT2D eigenvalue weighted by atomic mass is 32.2. The molecule has 2 heterocycles. The molecule has 5 nitrogen and oxygen atoms in total. The molecule has 0 bridgehead atoms. The fourth-order valence-electron chi connectivity index (χ4n) is 2.84. The average Bonchev–Trinajstić information content (AvgIpc) is 3.00. The molecule has 0 saturated carbocycles. The van der Waals surface area contributed by atoms with Crippen LogP contribution in [-0.2, 0) is 11.3 Å². The highest BCUT2D eigenvalue weighted by Gasteiger charge is 2.15. The molecule has 0 aliphatic carbocycles. The Labute approximate surface area is 166 Å². The van der Waals surface area contributed by atoms with Gasteiger partial charge in [0.1, 0.15) is 4.83 Å². The Bertz CT molecular complexity index is 1060. The average molecular weight is 400 g/mol. The van der Waals surface area contributed by atoms with Crippen molar-refractivity contribution in [1.82, 2.24) is 9.55 Å². The van der Waals surface area contributed by atoms with E-state index in [1.807, 2.05) is 45.0 Å². The molecule has 0 unspecified atom stereocenters. The molecule has 3 aromatic rings. The smallest absolute Gasteiger partial charge is 0.263 e. The molecule has 2 aromatic heterocycles. The largest absolute Gasteiger partial charge is 0.325 e. The molecule has 0 aliphatic rings. The number of nitrogens with zero attached hydrogens (tertiary/aromatic N) is 2. The normalized spacial score (nSPS) is 10.9. The van der Waals surface area contributed by atoms with Crippen molar-refractivity contribution >= 4 is 44.9 Å². The molecular formula is C20H21N3O2S2. The molecule has 0 aliphatic heterocycles. The van der Waals surface area contributed by atoms with E-state index >= 15 is 0 Å². The van der Waals surface area contributed by atoms with Gasteiger partial charge in [-0.15, -0.1) is 17.9 Å². The van der Waals surface area contributed by atoms with E-state index in [2.05, 4.69) is 16.9 Å². The Morgan fingerprint density at radius 3 is 2.70 bits per heavy atom. The standard InChI is InChI=1S/C20H21N3O2S2/c1-5-9-23-19(25)15-10-14(4)27-18(15)22-20(23)26-11-16(24)21-17-12(2)7-6-8-13(17)3/h5-8,10H,1,9,11H2,2-4H3,(H,21,24). The monoisotopic (exact) mass is 399 g/mol. The highest BCUT2D eigenvalue weighted by molar-refractivity contribution is 7.99. The third-order valence-corrected chi connectivity index (χ3v) is 6.05. The number of aromatic nitrogens is 2. The third-order valence-electron chi connectivity index (χ3n) is 4.13. The topological polar surface area (TPSA) is 64.0 Å². The molecule has 1 N–H and O–H groups in total. The number of hydrogen-bond donors (Lipinski definition) is 1. The zero-order valence-electron chi connectivity index (χ0n) is 15.5. The number of carbonyl (C=O) groups excluding carboxylic acids is 1. The SMILES string of the molecule is C=CCn1c(SCC(=O)Nc2c(C)cccc2C)nc2sc(C)cc2c1=O. The minimum atomic E-state index is -0.126. The van der Waals surface area contributed by atoms with Gasteiger partial charge in [-0.25, -0.2) is 4.98 Å². The van der Waals surface area contributed by atoms with Crippen LogP contribution < -0.4 is 10.9 Å². The molecule has 0 spiro atoms. The van der Waals surface area contributed by atoms with Crippen molar-refractivity contribution in [2.75, 3.05) is 11.1 Å². The van der Waals surface area contributed by atoms with Gasteiger partial charge in [0.15, 0.2) is 5.16 Å². The minimum absolute atomic E-state index is 0.0955. The number of para-hydroxylation sites is 1. The maximum atomic E-state index is 12.7. The van der Waals surface area contributed by atoms with Crippen LogP contribution in [0.1, 0.15) is 16.0 Å². The van der Waals surface area contributed by atoms with E-state index in [0.29, 0.717) is 21.9 Å². The molecule has 27 heavy (non-hydrogen) atoms. The van der Waals surface area contributed by atoms with Crippen LogP contribution in [0.25, 0.3) is 10.2 Å². The van der Waals surface area contributed by atoms with Crippen molar-refractivity contribution in [2.45, 2.75) is 32.5 Å². The summed E-state index contributed by atoms with van der Waals surface area (Å²) in [5, 5.41) is 4.11. The molecule has 0 radical (unpaired) electrons. The quantitative estimate of drug-likeness (QED) is 0.381. The van der Waals surface area contributed by atoms with Crippen molar-refractivity contribution in [3.63, 3.8) is 0 Å². The summed E-state index contributed by atoms with van der Waals surface area (Å²) < 4.78 is 1.57. The Balaban J connectivity index is 1.83. The van der Waals surface area contributed by atoms with Crippen LogP contribution in [0.15, 0.2) is 46.9 Å². The number of nitrogens with one attached hydrogen (secondary N) is 1. The van der Waals surface area contributed by atoms with Gasteiger partial charge in [0, 0.05) is 17.1 Å². The van der Waals surface area contributed by atoms with E-state index in [4.69, 9.17) is 0 Å². The zero-order chi connectivity index (χ0) is 19.6. The van der Waals surface area contributed by atoms with E-state index in [9.17, 15) is 9.59 Å². The second kappa shape index (κ2) is 8.10. The first-order chi connectivity index (χ1) is 12.9. The summed E-state index contributed by atoms with van der Waals surface area (Å²) in [6.07, 6.45) is 1.66. The number of rotatable bonds is 6. The van der Waals surface area contributed by atoms with Gasteiger partial charge in [-0.1, -0.05) is 36.0 Å². The van der Waals surface area contributed by atoms with Gasteiger partial charge in [0.25, 0.3) is 5.56 Å². The number of allylic oxidation sites excluding steroid dienone is 1. The van der Waals surface area contributed by atoms with Crippen LogP contribution in [-0.4, -0.2) is 21.2 Å². The molecule has 3 rings (SSSR count). The third kappa shape index (κ3) is 4.14. The van der Waals surface area contributed by atoms with Gasteiger partial charge < -0.3 is 5.32 Å². The highest BCUT2D eigenvalue weighted by Crippen LogP contribution is 2.25. The summed E-state index contributed by atoms with van der Waals surface area (Å²) in [6.45, 7) is 9.96. The predicted octanol–water partition coefficient (Wildman–Crippen LogP) is 4.30. The van der Waals surface area contributed by atoms with Crippen LogP contribution in [0.5, 0.6) is 0 Å². The first-order valence-corrected chi connectivity index (χ1v) is 10.3. The maximum Gasteiger partial charge on any atom is 0.263 e. The van der Waals surface area contributed by atoms with Gasteiger partial charge in [0.05, 0.1) is 11.1 Å². The number of thioether (sulfide) groups is 1. The number of thiophene rings is 1. The van der Waals surface area contributed by atoms with Crippen LogP contribution in [0, 0.1) is 20.8 Å². The van der Waals surface area contributed by atoms with Gasteiger partial charge in [-0.3, -0.25) is 14.2 Å². The number of benzene rings is 1. The van der Waals surface area contributed by atoms with Crippen LogP contribution in [0.2, 0.25) is 0 Å². The lowest BCUT2D eigenvalue weighted by atomic mass is 10.1. The summed E-state index contributed by atoms with van der Waals surface area (Å²) >= 11 is 2.75. The first-order valence-electron chi connectivity index (χ1n) is 8.51. The maximum absolute atomic E-state index is 12.7. The van der Waals surface area contributed by atoms with Crippen molar-refractivity contribution in [3.8, 4) is 0 Å². The minimum Gasteiger partial charge on any atom is -0.325 e. The van der Waals surface area contributed by atoms with E-state index in [1.54, 1.807) is 10.6 Å². The molecule has 140 valence electrons. The predicted molar refractivity (Wildman–Crippen MR) is 114 cm³/mol. The Morgan fingerprint density at radius 2 is 2.04 bits per heavy atom. The van der Waals surface area contributed by atoms with Crippen molar-refractivity contribution in [1.29, 1.82) is 0 Å². The van der Waals surface area contributed by atoms with E-state index in [1.165, 1.54) is 23.1 Å². The zero-order valence-corrected chi connectivity index (χ0v) is 17.2. The van der Waals surface area contributed by atoms with E-state index < -0.39 is 0 Å². The fourth-order valence-corrected chi connectivity index (χ4v) is 4.56. The first kappa shape index (κ1) is 19.4. The van der Waals surface area contributed by atoms with Crippen LogP contribution in [0.4, 0.5) is 5.69 Å². The van der Waals surface area contributed by atoms with Gasteiger partial charge >= 0.3 is 0 Å². The number of fused-ring (bicyclic) bond motifs is 1. The Kier molecular flexibility index (Phi) is 5.82. The van der Waals surface area contributed by atoms with Crippen molar-refractivity contribution in [3.05, 3.63) is 63.3 Å². The lowest BCUT2D eigenvalue weighted by molar-refractivity contribution is -0.113. The molecule has 0 atom stereocenters. The molecular weight excluding hydrogens is 378 g/mol. The van der Waals surface area contributed by atoms with Gasteiger partial charge in [0.2, 0.25) is 5.91 Å². The number of anilines is 1. The van der Waals surface area contributed by atoms with Crippen LogP contribution >= 0.6 is 23.1 Å². The number of carbonyl (C=O) groups is 1. The second-order valence-corrected chi connectivity index (χ2v) is 8.46. The summed E-state index contributed by atoms with van der Waals surface area (Å²) in [4.78, 5) is 31.5. The Morgan fingerprint density at radius 1 is 1.33 bits per heavy atom. The number of amides is 1. The number of hydrogen-bond acceptors (Lipinski definition) is 5. The van der Waals surface area contributed by atoms with Crippen molar-refractivity contribution < 1.29 is 4.79 Å².